The Morgan fingerprint density at radius 1 is 0.625 bits per heavy atom. The summed E-state index contributed by atoms with van der Waals surface area (Å²) in [7, 11) is -7.45. The molecule has 0 N–H and O–H groups in total. The van der Waals surface area contributed by atoms with Crippen molar-refractivity contribution in [2.24, 2.45) is 0 Å². The van der Waals surface area contributed by atoms with Gasteiger partial charge in [0.25, 0.3) is 20.2 Å². The highest BCUT2D eigenvalue weighted by molar-refractivity contribution is 7.87. The number of carbonyl (C=O) groups excluding carboxylic acids is 2. The molecule has 0 spiro atoms. The van der Waals surface area contributed by atoms with Gasteiger partial charge in [-0.3, -0.25) is 0 Å². The minimum Gasteiger partial charge on any atom is -0.467 e. The molecule has 0 saturated carbocycles. The fraction of sp³-hybridized carbons (Fsp3) is 0.300. The van der Waals surface area contributed by atoms with E-state index in [2.05, 4.69) is 9.47 Å². The minimum atomic E-state index is -4.63. The molecule has 32 heavy (non-hydrogen) atoms. The predicted molar refractivity (Wildman–Crippen MR) is 111 cm³/mol. The molecule has 0 amide bonds. The third kappa shape index (κ3) is 6.13. The van der Waals surface area contributed by atoms with Gasteiger partial charge in [0, 0.05) is 0 Å². The predicted octanol–water partition coefficient (Wildman–Crippen LogP) is 1.50. The van der Waals surface area contributed by atoms with Crippen LogP contribution < -0.4 is 0 Å². The van der Waals surface area contributed by atoms with E-state index in [1.54, 1.807) is 13.8 Å². The summed E-state index contributed by atoms with van der Waals surface area (Å²) in [4.78, 5) is 24.0. The normalized spacial score (nSPS) is 13.8. The monoisotopic (exact) mass is 486 g/mol. The van der Waals surface area contributed by atoms with E-state index in [9.17, 15) is 26.4 Å². The van der Waals surface area contributed by atoms with Gasteiger partial charge < -0.3 is 9.47 Å². The summed E-state index contributed by atoms with van der Waals surface area (Å²) in [5.74, 6) is -2.73. The van der Waals surface area contributed by atoms with Crippen molar-refractivity contribution in [1.29, 1.82) is 0 Å². The lowest BCUT2D eigenvalue weighted by atomic mass is 10.2. The zero-order valence-corrected chi connectivity index (χ0v) is 19.3. The summed E-state index contributed by atoms with van der Waals surface area (Å²) in [5, 5.41) is 0. The molecule has 174 valence electrons. The van der Waals surface area contributed by atoms with Crippen molar-refractivity contribution in [3.8, 4) is 0 Å². The Balaban J connectivity index is 2.47. The van der Waals surface area contributed by atoms with E-state index >= 15 is 0 Å². The Morgan fingerprint density at radius 3 is 1.16 bits per heavy atom. The van der Waals surface area contributed by atoms with Gasteiger partial charge in [0.2, 0.25) is 12.2 Å². The molecular weight excluding hydrogens is 464 g/mol. The maximum atomic E-state index is 12.7. The highest BCUT2D eigenvalue weighted by atomic mass is 32.2. The van der Waals surface area contributed by atoms with Crippen molar-refractivity contribution >= 4 is 32.2 Å². The quantitative estimate of drug-likeness (QED) is 0.378. The maximum Gasteiger partial charge on any atom is 0.340 e. The van der Waals surface area contributed by atoms with Crippen LogP contribution >= 0.6 is 0 Å². The fourth-order valence-corrected chi connectivity index (χ4v) is 4.52. The Kier molecular flexibility index (Phi) is 8.13. The third-order valence-electron chi connectivity index (χ3n) is 4.22. The van der Waals surface area contributed by atoms with Gasteiger partial charge in [-0.2, -0.15) is 16.8 Å². The number of methoxy groups -OCH3 is 2. The number of aryl methyl sites for hydroxylation is 2. The second-order valence-electron chi connectivity index (χ2n) is 6.61. The number of ether oxygens (including phenoxy) is 2. The minimum absolute atomic E-state index is 0.331. The molecule has 0 saturated heterocycles. The molecule has 2 rings (SSSR count). The number of hydrogen-bond acceptors (Lipinski definition) is 10. The number of rotatable bonds is 9. The lowest BCUT2D eigenvalue weighted by Crippen LogP contribution is -2.46. The number of hydrogen-bond donors (Lipinski definition) is 0. The van der Waals surface area contributed by atoms with E-state index in [0.717, 1.165) is 25.3 Å². The molecule has 2 atom stereocenters. The highest BCUT2D eigenvalue weighted by Gasteiger charge is 2.44. The van der Waals surface area contributed by atoms with Crippen LogP contribution in [0.2, 0.25) is 0 Å². The van der Waals surface area contributed by atoms with E-state index in [-0.39, 0.29) is 9.79 Å². The Morgan fingerprint density at radius 2 is 0.906 bits per heavy atom. The first-order valence-electron chi connectivity index (χ1n) is 9.07. The Hall–Kier alpha value is -2.80. The highest BCUT2D eigenvalue weighted by Crippen LogP contribution is 2.23. The van der Waals surface area contributed by atoms with Crippen LogP contribution in [-0.4, -0.2) is 55.2 Å². The topological polar surface area (TPSA) is 139 Å². The summed E-state index contributed by atoms with van der Waals surface area (Å²) in [5.41, 5.74) is 1.52. The Bertz CT molecular complexity index is 1070. The van der Waals surface area contributed by atoms with Gasteiger partial charge in [0.15, 0.2) is 0 Å². The molecule has 10 nitrogen and oxygen atoms in total. The SMILES string of the molecule is COC(=O)[C@@H](OS(=O)(=O)c1ccc(C)cc1)[C@H](OS(=O)(=O)c1ccc(C)cc1)C(=O)OC. The average Bonchev–Trinajstić information content (AvgIpc) is 2.75. The van der Waals surface area contributed by atoms with Crippen molar-refractivity contribution in [3.05, 3.63) is 59.7 Å². The summed E-state index contributed by atoms with van der Waals surface area (Å²) in [6.45, 7) is 3.46. The first-order valence-corrected chi connectivity index (χ1v) is 11.9. The number of esters is 2. The van der Waals surface area contributed by atoms with E-state index in [1.165, 1.54) is 48.5 Å². The van der Waals surface area contributed by atoms with Crippen LogP contribution in [0.1, 0.15) is 11.1 Å². The van der Waals surface area contributed by atoms with Crippen LogP contribution in [0.4, 0.5) is 0 Å². The molecule has 0 aliphatic rings. The lowest BCUT2D eigenvalue weighted by Gasteiger charge is -2.22. The third-order valence-corrected chi connectivity index (χ3v) is 6.84. The first-order chi connectivity index (χ1) is 14.9. The molecule has 0 aliphatic carbocycles. The molecule has 12 heteroatoms. The van der Waals surface area contributed by atoms with Gasteiger partial charge >= 0.3 is 11.9 Å². The molecule has 0 radical (unpaired) electrons. The summed E-state index contributed by atoms with van der Waals surface area (Å²) in [6, 6.07) is 10.8. The fourth-order valence-electron chi connectivity index (χ4n) is 2.45. The first kappa shape index (κ1) is 25.5. The second kappa shape index (κ2) is 10.2. The molecule has 0 aromatic heterocycles. The van der Waals surface area contributed by atoms with Crippen molar-refractivity contribution in [3.63, 3.8) is 0 Å². The smallest absolute Gasteiger partial charge is 0.340 e. The van der Waals surface area contributed by atoms with Gasteiger partial charge in [0.1, 0.15) is 0 Å². The van der Waals surface area contributed by atoms with Gasteiger partial charge in [0.05, 0.1) is 24.0 Å². The van der Waals surface area contributed by atoms with Crippen molar-refractivity contribution < 1.29 is 44.3 Å². The largest absolute Gasteiger partial charge is 0.467 e. The van der Waals surface area contributed by atoms with E-state index in [0.29, 0.717) is 0 Å². The number of carbonyl (C=O) groups is 2. The van der Waals surface area contributed by atoms with Gasteiger partial charge in [-0.15, -0.1) is 0 Å². The van der Waals surface area contributed by atoms with Crippen LogP contribution in [0, 0.1) is 13.8 Å². The van der Waals surface area contributed by atoms with Gasteiger partial charge in [-0.1, -0.05) is 35.4 Å². The summed E-state index contributed by atoms with van der Waals surface area (Å²) < 4.78 is 69.5. The summed E-state index contributed by atoms with van der Waals surface area (Å²) >= 11 is 0. The van der Waals surface area contributed by atoms with E-state index < -0.39 is 44.4 Å². The van der Waals surface area contributed by atoms with Gasteiger partial charge in [-0.25, -0.2) is 18.0 Å². The molecule has 2 aromatic carbocycles. The molecule has 0 aliphatic heterocycles. The number of benzene rings is 2. The zero-order chi connectivity index (χ0) is 24.1. The maximum absolute atomic E-state index is 12.7. The second-order valence-corrected chi connectivity index (χ2v) is 9.76. The van der Waals surface area contributed by atoms with Crippen LogP contribution in [0.5, 0.6) is 0 Å². The van der Waals surface area contributed by atoms with Crippen LogP contribution in [0.3, 0.4) is 0 Å². The molecule has 2 aromatic rings. The standard InChI is InChI=1S/C20H22O10S2/c1-13-5-9-15(10-6-13)31(23,24)29-17(19(21)27-3)18(20(22)28-4)30-32(25,26)16-11-7-14(2)8-12-16/h5-12,17-18H,1-4H3/t17-,18-/m0/s1. The van der Waals surface area contributed by atoms with Gasteiger partial charge in [-0.05, 0) is 38.1 Å². The zero-order valence-electron chi connectivity index (χ0n) is 17.7. The van der Waals surface area contributed by atoms with E-state index in [1.807, 2.05) is 0 Å². The van der Waals surface area contributed by atoms with Crippen molar-refractivity contribution in [1.82, 2.24) is 0 Å². The lowest BCUT2D eigenvalue weighted by molar-refractivity contribution is -0.165. The average molecular weight is 487 g/mol. The van der Waals surface area contributed by atoms with Crippen molar-refractivity contribution in [2.75, 3.05) is 14.2 Å². The molecular formula is C20H22O10S2. The van der Waals surface area contributed by atoms with Crippen molar-refractivity contribution in [2.45, 2.75) is 35.8 Å². The molecule has 0 bridgehead atoms. The van der Waals surface area contributed by atoms with E-state index in [4.69, 9.17) is 8.37 Å². The Labute approximate surface area is 186 Å². The summed E-state index contributed by atoms with van der Waals surface area (Å²) in [6.07, 6.45) is -4.61. The van der Waals surface area contributed by atoms with Crippen LogP contribution in [0.25, 0.3) is 0 Å². The molecule has 0 fully saturated rings. The molecule has 0 heterocycles. The molecule has 0 unspecified atom stereocenters. The van der Waals surface area contributed by atoms with Crippen LogP contribution in [0.15, 0.2) is 58.3 Å². The van der Waals surface area contributed by atoms with Crippen LogP contribution in [-0.2, 0) is 47.7 Å².